The number of sulfonamides is 1. The topological polar surface area (TPSA) is 137 Å². The van der Waals surface area contributed by atoms with Crippen LogP contribution >= 0.6 is 11.3 Å². The Balaban J connectivity index is 1.37. The molecule has 41 heavy (non-hydrogen) atoms. The highest BCUT2D eigenvalue weighted by molar-refractivity contribution is 7.89. The minimum Gasteiger partial charge on any atom is -0.379 e. The predicted octanol–water partition coefficient (Wildman–Crippen LogP) is 2.65. The summed E-state index contributed by atoms with van der Waals surface area (Å²) in [7, 11) is -2.28. The van der Waals surface area contributed by atoms with Gasteiger partial charge in [-0.3, -0.25) is 19.8 Å². The second-order valence-electron chi connectivity index (χ2n) is 9.68. The summed E-state index contributed by atoms with van der Waals surface area (Å²) in [6.45, 7) is 3.28. The van der Waals surface area contributed by atoms with E-state index < -0.39 is 27.9 Å². The monoisotopic (exact) mass is 597 g/mol. The summed E-state index contributed by atoms with van der Waals surface area (Å²) < 4.78 is 32.5. The molecule has 2 aliphatic rings. The van der Waals surface area contributed by atoms with Crippen LogP contribution in [-0.2, 0) is 34.3 Å². The largest absolute Gasteiger partial charge is 0.379 e. The summed E-state index contributed by atoms with van der Waals surface area (Å²) in [5, 5.41) is 7.87. The minimum atomic E-state index is -3.70. The molecule has 0 aliphatic carbocycles. The van der Waals surface area contributed by atoms with Crippen molar-refractivity contribution in [2.45, 2.75) is 24.4 Å². The van der Waals surface area contributed by atoms with Gasteiger partial charge in [-0.2, -0.15) is 4.31 Å². The van der Waals surface area contributed by atoms with Crippen molar-refractivity contribution in [1.82, 2.24) is 19.8 Å². The Morgan fingerprint density at radius 3 is 2.34 bits per heavy atom. The summed E-state index contributed by atoms with van der Waals surface area (Å²) in [5.41, 5.74) is 2.49. The number of benzene rings is 2. The number of hydrogen-bond acceptors (Lipinski definition) is 8. The lowest BCUT2D eigenvalue weighted by molar-refractivity contribution is 0.0730. The minimum absolute atomic E-state index is 0.0895. The van der Waals surface area contributed by atoms with Crippen LogP contribution in [0.15, 0.2) is 59.5 Å². The van der Waals surface area contributed by atoms with Gasteiger partial charge >= 0.3 is 6.03 Å². The Bertz CT molecular complexity index is 1530. The number of anilines is 1. The number of amides is 4. The molecule has 3 aromatic rings. The van der Waals surface area contributed by atoms with Crippen LogP contribution in [0.3, 0.4) is 0 Å². The first kappa shape index (κ1) is 28.9. The lowest BCUT2D eigenvalue weighted by Crippen LogP contribution is -2.40. The molecule has 11 nitrogen and oxygen atoms in total. The van der Waals surface area contributed by atoms with Crippen LogP contribution in [0, 0.1) is 0 Å². The molecule has 2 aliphatic heterocycles. The van der Waals surface area contributed by atoms with Crippen molar-refractivity contribution in [3.05, 3.63) is 81.7 Å². The summed E-state index contributed by atoms with van der Waals surface area (Å²) in [5.74, 6) is -1.09. The molecule has 4 amide bonds. The highest BCUT2D eigenvalue weighted by Gasteiger charge is 2.30. The fourth-order valence-electron chi connectivity index (χ4n) is 4.88. The highest BCUT2D eigenvalue weighted by Crippen LogP contribution is 2.38. The molecule has 1 aromatic heterocycles. The van der Waals surface area contributed by atoms with E-state index in [2.05, 4.69) is 33.0 Å². The van der Waals surface area contributed by atoms with Crippen molar-refractivity contribution in [3.8, 4) is 0 Å². The normalized spacial score (nSPS) is 16.0. The number of carbonyl (C=O) groups excluding carboxylic acids is 3. The van der Waals surface area contributed by atoms with Gasteiger partial charge in [0, 0.05) is 50.2 Å². The molecule has 216 valence electrons. The van der Waals surface area contributed by atoms with E-state index in [1.54, 1.807) is 0 Å². The number of imide groups is 1. The predicted molar refractivity (Wildman–Crippen MR) is 154 cm³/mol. The molecule has 3 N–H and O–H groups in total. The summed E-state index contributed by atoms with van der Waals surface area (Å²) in [6, 6.07) is 15.1. The van der Waals surface area contributed by atoms with Crippen LogP contribution < -0.4 is 16.0 Å². The van der Waals surface area contributed by atoms with Gasteiger partial charge in [0.25, 0.3) is 11.8 Å². The molecule has 0 unspecified atom stereocenters. The maximum absolute atomic E-state index is 13.2. The zero-order chi connectivity index (χ0) is 29.0. The molecule has 0 spiro atoms. The average molecular weight is 598 g/mol. The number of nitrogens with one attached hydrogen (secondary N) is 3. The quantitative estimate of drug-likeness (QED) is 0.381. The Morgan fingerprint density at radius 1 is 0.951 bits per heavy atom. The van der Waals surface area contributed by atoms with E-state index in [4.69, 9.17) is 4.74 Å². The van der Waals surface area contributed by atoms with Crippen molar-refractivity contribution in [1.29, 1.82) is 0 Å². The van der Waals surface area contributed by atoms with Crippen LogP contribution in [0.1, 0.15) is 36.7 Å². The molecule has 13 heteroatoms. The van der Waals surface area contributed by atoms with E-state index in [1.807, 2.05) is 18.2 Å². The number of rotatable bonds is 7. The summed E-state index contributed by atoms with van der Waals surface area (Å²) in [6.07, 6.45) is 0.582. The second kappa shape index (κ2) is 12.5. The molecular weight excluding hydrogens is 566 g/mol. The fourth-order valence-corrected chi connectivity index (χ4v) is 7.57. The van der Waals surface area contributed by atoms with Crippen molar-refractivity contribution in [2.24, 2.45) is 0 Å². The third-order valence-electron chi connectivity index (χ3n) is 7.02. The van der Waals surface area contributed by atoms with E-state index in [-0.39, 0.29) is 29.1 Å². The molecule has 1 fully saturated rings. The number of thiophene rings is 1. The SMILES string of the molecule is CNC(=O)NC(=O)c1c(NC(=O)c2ccc(S(=O)(=O)N3CCOCC3)cc2)sc2c1CCN(Cc1ccccc1)C2. The van der Waals surface area contributed by atoms with Gasteiger partial charge < -0.3 is 15.4 Å². The number of urea groups is 1. The number of fused-ring (bicyclic) bond motifs is 1. The maximum Gasteiger partial charge on any atom is 0.321 e. The molecule has 1 saturated heterocycles. The van der Waals surface area contributed by atoms with Crippen molar-refractivity contribution < 1.29 is 27.5 Å². The Kier molecular flexibility index (Phi) is 8.80. The van der Waals surface area contributed by atoms with Gasteiger partial charge in [-0.1, -0.05) is 30.3 Å². The van der Waals surface area contributed by atoms with Crippen LogP contribution in [0.5, 0.6) is 0 Å². The van der Waals surface area contributed by atoms with Crippen molar-refractivity contribution in [3.63, 3.8) is 0 Å². The smallest absolute Gasteiger partial charge is 0.321 e. The van der Waals surface area contributed by atoms with Gasteiger partial charge in [0.2, 0.25) is 10.0 Å². The molecule has 0 atom stereocenters. The van der Waals surface area contributed by atoms with Crippen LogP contribution in [0.2, 0.25) is 0 Å². The zero-order valence-electron chi connectivity index (χ0n) is 22.5. The highest BCUT2D eigenvalue weighted by atomic mass is 32.2. The molecule has 0 saturated carbocycles. The second-order valence-corrected chi connectivity index (χ2v) is 12.7. The summed E-state index contributed by atoms with van der Waals surface area (Å²) >= 11 is 1.31. The van der Waals surface area contributed by atoms with Crippen molar-refractivity contribution >= 4 is 44.2 Å². The lowest BCUT2D eigenvalue weighted by Gasteiger charge is -2.27. The number of morpholine rings is 1. The maximum atomic E-state index is 13.2. The van der Waals surface area contributed by atoms with Crippen molar-refractivity contribution in [2.75, 3.05) is 45.2 Å². The first-order valence-corrected chi connectivity index (χ1v) is 15.4. The van der Waals surface area contributed by atoms with Crippen LogP contribution in [0.4, 0.5) is 9.80 Å². The fraction of sp³-hybridized carbons (Fsp3) is 0.321. The van der Waals surface area contributed by atoms with E-state index in [0.717, 1.165) is 17.0 Å². The number of carbonyl (C=O) groups is 3. The first-order valence-electron chi connectivity index (χ1n) is 13.2. The summed E-state index contributed by atoms with van der Waals surface area (Å²) in [4.78, 5) is 41.6. The number of ether oxygens (including phenoxy) is 1. The molecular formula is C28H31N5O6S2. The third-order valence-corrected chi connectivity index (χ3v) is 10.1. The third kappa shape index (κ3) is 6.49. The van der Waals surface area contributed by atoms with E-state index in [0.29, 0.717) is 37.7 Å². The zero-order valence-corrected chi connectivity index (χ0v) is 24.1. The molecule has 3 heterocycles. The molecule has 2 aromatic carbocycles. The lowest BCUT2D eigenvalue weighted by atomic mass is 10.0. The van der Waals surface area contributed by atoms with Gasteiger partial charge in [0.15, 0.2) is 0 Å². The Hall–Kier alpha value is -3.62. The van der Waals surface area contributed by atoms with Gasteiger partial charge in [-0.15, -0.1) is 11.3 Å². The molecule has 5 rings (SSSR count). The van der Waals surface area contributed by atoms with E-state index in [9.17, 15) is 22.8 Å². The van der Waals surface area contributed by atoms with Crippen LogP contribution in [-0.4, -0.2) is 75.4 Å². The van der Waals surface area contributed by atoms with Gasteiger partial charge in [0.1, 0.15) is 5.00 Å². The van der Waals surface area contributed by atoms with Gasteiger partial charge in [0.05, 0.1) is 23.7 Å². The van der Waals surface area contributed by atoms with Gasteiger partial charge in [-0.05, 0) is 41.8 Å². The van der Waals surface area contributed by atoms with Crippen LogP contribution in [0.25, 0.3) is 0 Å². The number of nitrogens with zero attached hydrogens (tertiary/aromatic N) is 2. The molecule has 0 bridgehead atoms. The molecule has 0 radical (unpaired) electrons. The standard InChI is InChI=1S/C28H31N5O6S2/c1-29-28(36)31-26(35)24-22-11-12-32(17-19-5-3-2-4-6-19)18-23(22)40-27(24)30-25(34)20-7-9-21(10-8-20)41(37,38)33-13-15-39-16-14-33/h2-10H,11-18H2,1H3,(H,30,34)(H2,29,31,35,36). The van der Waals surface area contributed by atoms with Gasteiger partial charge in [-0.25, -0.2) is 13.2 Å². The average Bonchev–Trinajstić information content (AvgIpc) is 3.35. The Morgan fingerprint density at radius 2 is 1.66 bits per heavy atom. The number of hydrogen-bond donors (Lipinski definition) is 3. The first-order chi connectivity index (χ1) is 19.8. The Labute approximate surface area is 242 Å². The van der Waals surface area contributed by atoms with E-state index >= 15 is 0 Å². The van der Waals surface area contributed by atoms with E-state index in [1.165, 1.54) is 52.5 Å².